The number of pyridine rings is 1. The lowest BCUT2D eigenvalue weighted by Gasteiger charge is -2.07. The largest absolute Gasteiger partial charge is 0.494 e. The van der Waals surface area contributed by atoms with Gasteiger partial charge in [0, 0.05) is 11.9 Å². The van der Waals surface area contributed by atoms with E-state index in [1.165, 1.54) is 11.8 Å². The number of hydrogen-bond donors (Lipinski definition) is 1. The molecular formula is C17H17N3O2S. The van der Waals surface area contributed by atoms with Crippen molar-refractivity contribution in [2.75, 3.05) is 17.7 Å². The molecule has 5 nitrogen and oxygen atoms in total. The van der Waals surface area contributed by atoms with Crippen molar-refractivity contribution in [2.45, 2.75) is 18.4 Å². The van der Waals surface area contributed by atoms with Crippen molar-refractivity contribution in [3.63, 3.8) is 0 Å². The number of ether oxygens (including phenoxy) is 1. The molecule has 0 saturated heterocycles. The molecule has 1 amide bonds. The minimum atomic E-state index is -0.147. The lowest BCUT2D eigenvalue weighted by Crippen LogP contribution is -2.14. The molecule has 2 rings (SSSR count). The number of rotatable bonds is 7. The molecule has 23 heavy (non-hydrogen) atoms. The molecule has 0 fully saturated rings. The number of nitriles is 1. The van der Waals surface area contributed by atoms with E-state index in [0.29, 0.717) is 22.9 Å². The van der Waals surface area contributed by atoms with Crippen LogP contribution in [0.3, 0.4) is 0 Å². The van der Waals surface area contributed by atoms with Crippen LogP contribution in [0.1, 0.15) is 18.9 Å². The quantitative estimate of drug-likeness (QED) is 0.788. The van der Waals surface area contributed by atoms with Gasteiger partial charge in [0.2, 0.25) is 5.91 Å². The zero-order valence-electron chi connectivity index (χ0n) is 12.8. The molecule has 0 aliphatic rings. The highest BCUT2D eigenvalue weighted by Crippen LogP contribution is 2.20. The Bertz CT molecular complexity index is 696. The first-order valence-electron chi connectivity index (χ1n) is 7.23. The molecule has 0 aliphatic carbocycles. The van der Waals surface area contributed by atoms with Gasteiger partial charge in [0.1, 0.15) is 16.8 Å². The number of anilines is 1. The monoisotopic (exact) mass is 327 g/mol. The maximum absolute atomic E-state index is 12.0. The standard InChI is InChI=1S/C17H17N3O2S/c1-2-10-22-15-7-5-14(6-8-15)20-16(21)12-23-17-13(11-18)4-3-9-19-17/h3-9H,2,10,12H2,1H3,(H,20,21). The molecule has 2 aromatic rings. The van der Waals surface area contributed by atoms with Crippen LogP contribution in [-0.4, -0.2) is 23.3 Å². The first kappa shape index (κ1) is 16.8. The number of amides is 1. The maximum atomic E-state index is 12.0. The Labute approximate surface area is 139 Å². The number of carbonyl (C=O) groups is 1. The SMILES string of the molecule is CCCOc1ccc(NC(=O)CSc2ncccc2C#N)cc1. The van der Waals surface area contributed by atoms with Crippen molar-refractivity contribution in [3.8, 4) is 11.8 Å². The third kappa shape index (κ3) is 5.31. The molecule has 0 spiro atoms. The van der Waals surface area contributed by atoms with Crippen molar-refractivity contribution < 1.29 is 9.53 Å². The number of benzene rings is 1. The minimum absolute atomic E-state index is 0.147. The number of carbonyl (C=O) groups excluding carboxylic acids is 1. The van der Waals surface area contributed by atoms with E-state index >= 15 is 0 Å². The van der Waals surface area contributed by atoms with Gasteiger partial charge < -0.3 is 10.1 Å². The van der Waals surface area contributed by atoms with E-state index in [0.717, 1.165) is 12.2 Å². The summed E-state index contributed by atoms with van der Waals surface area (Å²) in [6, 6.07) is 12.7. The lowest BCUT2D eigenvalue weighted by atomic mass is 10.3. The highest BCUT2D eigenvalue weighted by Gasteiger charge is 2.08. The van der Waals surface area contributed by atoms with Gasteiger partial charge in [0.25, 0.3) is 0 Å². The van der Waals surface area contributed by atoms with Crippen LogP contribution in [-0.2, 0) is 4.79 Å². The Balaban J connectivity index is 1.86. The van der Waals surface area contributed by atoms with Crippen molar-refractivity contribution in [2.24, 2.45) is 0 Å². The zero-order valence-corrected chi connectivity index (χ0v) is 13.6. The van der Waals surface area contributed by atoms with Crippen LogP contribution < -0.4 is 10.1 Å². The minimum Gasteiger partial charge on any atom is -0.494 e. The molecule has 0 unspecified atom stereocenters. The smallest absolute Gasteiger partial charge is 0.234 e. The van der Waals surface area contributed by atoms with Gasteiger partial charge in [-0.25, -0.2) is 4.98 Å². The molecule has 0 saturated carbocycles. The number of nitrogens with zero attached hydrogens (tertiary/aromatic N) is 2. The van der Waals surface area contributed by atoms with Crippen LogP contribution in [0.15, 0.2) is 47.6 Å². The summed E-state index contributed by atoms with van der Waals surface area (Å²) in [5, 5.41) is 12.4. The topological polar surface area (TPSA) is 75.0 Å². The summed E-state index contributed by atoms with van der Waals surface area (Å²) in [5.74, 6) is 0.831. The van der Waals surface area contributed by atoms with E-state index in [-0.39, 0.29) is 11.7 Å². The van der Waals surface area contributed by atoms with E-state index < -0.39 is 0 Å². The number of aromatic nitrogens is 1. The summed E-state index contributed by atoms with van der Waals surface area (Å²) >= 11 is 1.24. The Morgan fingerprint density at radius 1 is 1.35 bits per heavy atom. The Kier molecular flexibility index (Phi) is 6.45. The van der Waals surface area contributed by atoms with Gasteiger partial charge in [-0.1, -0.05) is 18.7 Å². The zero-order chi connectivity index (χ0) is 16.5. The average Bonchev–Trinajstić information content (AvgIpc) is 2.59. The second kappa shape index (κ2) is 8.81. The number of nitrogens with one attached hydrogen (secondary N) is 1. The molecule has 6 heteroatoms. The summed E-state index contributed by atoms with van der Waals surface area (Å²) in [7, 11) is 0. The van der Waals surface area contributed by atoms with E-state index in [1.54, 1.807) is 30.5 Å². The van der Waals surface area contributed by atoms with Crippen LogP contribution in [0.4, 0.5) is 5.69 Å². The molecule has 1 N–H and O–H groups in total. The normalized spacial score (nSPS) is 9.91. The first-order chi connectivity index (χ1) is 11.2. The van der Waals surface area contributed by atoms with Crippen LogP contribution >= 0.6 is 11.8 Å². The van der Waals surface area contributed by atoms with E-state index in [2.05, 4.69) is 16.4 Å². The summed E-state index contributed by atoms with van der Waals surface area (Å²) in [5.41, 5.74) is 1.18. The third-order valence-corrected chi connectivity index (χ3v) is 3.85. The molecule has 1 heterocycles. The molecule has 0 atom stereocenters. The summed E-state index contributed by atoms with van der Waals surface area (Å²) < 4.78 is 5.49. The second-order valence-electron chi connectivity index (χ2n) is 4.68. The highest BCUT2D eigenvalue weighted by molar-refractivity contribution is 8.00. The van der Waals surface area contributed by atoms with Gasteiger partial charge >= 0.3 is 0 Å². The Hall–Kier alpha value is -2.52. The predicted molar refractivity (Wildman–Crippen MR) is 90.5 cm³/mol. The number of hydrogen-bond acceptors (Lipinski definition) is 5. The fourth-order valence-corrected chi connectivity index (χ4v) is 2.52. The maximum Gasteiger partial charge on any atom is 0.234 e. The molecule has 0 aliphatic heterocycles. The van der Waals surface area contributed by atoms with Crippen LogP contribution in [0, 0.1) is 11.3 Å². The van der Waals surface area contributed by atoms with Gasteiger partial charge in [0.05, 0.1) is 17.9 Å². The Morgan fingerprint density at radius 3 is 2.83 bits per heavy atom. The highest BCUT2D eigenvalue weighted by atomic mass is 32.2. The fourth-order valence-electron chi connectivity index (χ4n) is 1.78. The number of thioether (sulfide) groups is 1. The van der Waals surface area contributed by atoms with Gasteiger partial charge in [-0.05, 0) is 42.8 Å². The molecule has 1 aromatic heterocycles. The van der Waals surface area contributed by atoms with Gasteiger partial charge in [-0.3, -0.25) is 4.79 Å². The molecule has 0 bridgehead atoms. The summed E-state index contributed by atoms with van der Waals surface area (Å²) in [6.45, 7) is 2.72. The van der Waals surface area contributed by atoms with Gasteiger partial charge in [-0.15, -0.1) is 0 Å². The average molecular weight is 327 g/mol. The van der Waals surface area contributed by atoms with E-state index in [4.69, 9.17) is 10.00 Å². The molecule has 0 radical (unpaired) electrons. The first-order valence-corrected chi connectivity index (χ1v) is 8.22. The van der Waals surface area contributed by atoms with E-state index in [9.17, 15) is 4.79 Å². The van der Waals surface area contributed by atoms with Crippen LogP contribution in [0.5, 0.6) is 5.75 Å². The second-order valence-corrected chi connectivity index (χ2v) is 5.64. The molecule has 1 aromatic carbocycles. The lowest BCUT2D eigenvalue weighted by molar-refractivity contribution is -0.113. The van der Waals surface area contributed by atoms with Crippen LogP contribution in [0.2, 0.25) is 0 Å². The van der Waals surface area contributed by atoms with Crippen molar-refractivity contribution in [1.29, 1.82) is 5.26 Å². The fraction of sp³-hybridized carbons (Fsp3) is 0.235. The van der Waals surface area contributed by atoms with Gasteiger partial charge in [-0.2, -0.15) is 5.26 Å². The Morgan fingerprint density at radius 2 is 2.13 bits per heavy atom. The predicted octanol–water partition coefficient (Wildman–Crippen LogP) is 3.47. The third-order valence-electron chi connectivity index (χ3n) is 2.84. The van der Waals surface area contributed by atoms with Crippen molar-refractivity contribution >= 4 is 23.4 Å². The van der Waals surface area contributed by atoms with E-state index in [1.807, 2.05) is 19.1 Å². The van der Waals surface area contributed by atoms with Crippen molar-refractivity contribution in [3.05, 3.63) is 48.2 Å². The van der Waals surface area contributed by atoms with Crippen LogP contribution in [0.25, 0.3) is 0 Å². The van der Waals surface area contributed by atoms with Gasteiger partial charge in [0.15, 0.2) is 0 Å². The summed E-state index contributed by atoms with van der Waals surface area (Å²) in [6.07, 6.45) is 2.56. The summed E-state index contributed by atoms with van der Waals surface area (Å²) in [4.78, 5) is 16.1. The van der Waals surface area contributed by atoms with Crippen molar-refractivity contribution in [1.82, 2.24) is 4.98 Å². The molecule has 118 valence electrons. The molecular weight excluding hydrogens is 310 g/mol.